The predicted molar refractivity (Wildman–Crippen MR) is 119 cm³/mol. The van der Waals surface area contributed by atoms with Gasteiger partial charge in [-0.25, -0.2) is 0 Å². The Kier molecular flexibility index (Phi) is 7.33. The van der Waals surface area contributed by atoms with Crippen LogP contribution in [0.15, 0.2) is 78.9 Å². The van der Waals surface area contributed by atoms with E-state index in [1.807, 2.05) is 62.4 Å². The number of benzene rings is 3. The average molecular weight is 415 g/mol. The molecule has 0 heterocycles. The quantitative estimate of drug-likeness (QED) is 0.431. The zero-order valence-electron chi connectivity index (χ0n) is 17.6. The number of nitrogens with one attached hydrogen (secondary N) is 1. The molecule has 1 unspecified atom stereocenters. The van der Waals surface area contributed by atoms with Crippen LogP contribution in [0, 0.1) is 13.8 Å². The van der Waals surface area contributed by atoms with Crippen LogP contribution in [-0.2, 0) is 9.53 Å². The molecule has 1 atom stereocenters. The zero-order valence-corrected chi connectivity index (χ0v) is 17.6. The van der Waals surface area contributed by atoms with Crippen molar-refractivity contribution in [1.29, 1.82) is 0 Å². The van der Waals surface area contributed by atoms with Crippen molar-refractivity contribution in [1.82, 2.24) is 5.32 Å². The minimum atomic E-state index is -0.572. The van der Waals surface area contributed by atoms with Crippen LogP contribution < -0.4 is 5.32 Å². The Labute approximate surface area is 182 Å². The normalized spacial score (nSPS) is 11.4. The van der Waals surface area contributed by atoms with Gasteiger partial charge in [-0.15, -0.1) is 0 Å². The SMILES string of the molecule is Cc1ccc(C)c(C(=O)COC(=O)CC(NC(=O)c2ccccc2)c2ccccc2)c1. The molecular formula is C26H25NO4. The van der Waals surface area contributed by atoms with Gasteiger partial charge >= 0.3 is 5.97 Å². The molecule has 3 rings (SSSR count). The lowest BCUT2D eigenvalue weighted by Gasteiger charge is -2.19. The van der Waals surface area contributed by atoms with Crippen molar-refractivity contribution >= 4 is 17.7 Å². The van der Waals surface area contributed by atoms with Crippen LogP contribution in [0.25, 0.3) is 0 Å². The van der Waals surface area contributed by atoms with Crippen LogP contribution in [0.2, 0.25) is 0 Å². The number of carbonyl (C=O) groups is 3. The van der Waals surface area contributed by atoms with Gasteiger partial charge in [0.25, 0.3) is 5.91 Å². The van der Waals surface area contributed by atoms with Gasteiger partial charge in [0.1, 0.15) is 0 Å². The largest absolute Gasteiger partial charge is 0.457 e. The smallest absolute Gasteiger partial charge is 0.308 e. The van der Waals surface area contributed by atoms with Crippen molar-refractivity contribution in [3.05, 3.63) is 107 Å². The number of Topliss-reactive ketones (excluding diaryl/α,β-unsaturated/α-hetero) is 1. The summed E-state index contributed by atoms with van der Waals surface area (Å²) in [5, 5.41) is 2.89. The topological polar surface area (TPSA) is 72.5 Å². The number of carbonyl (C=O) groups excluding carboxylic acids is 3. The average Bonchev–Trinajstić information content (AvgIpc) is 2.79. The van der Waals surface area contributed by atoms with Crippen LogP contribution in [0.1, 0.15) is 49.9 Å². The van der Waals surface area contributed by atoms with Crippen LogP contribution in [0.4, 0.5) is 0 Å². The van der Waals surface area contributed by atoms with Crippen LogP contribution in [-0.4, -0.2) is 24.3 Å². The molecule has 158 valence electrons. The molecule has 3 aromatic carbocycles. The van der Waals surface area contributed by atoms with E-state index < -0.39 is 12.0 Å². The van der Waals surface area contributed by atoms with Crippen molar-refractivity contribution < 1.29 is 19.1 Å². The maximum Gasteiger partial charge on any atom is 0.308 e. The van der Waals surface area contributed by atoms with E-state index >= 15 is 0 Å². The monoisotopic (exact) mass is 415 g/mol. The first-order valence-electron chi connectivity index (χ1n) is 10.1. The number of ketones is 1. The van der Waals surface area contributed by atoms with Crippen LogP contribution in [0.3, 0.4) is 0 Å². The molecule has 5 nitrogen and oxygen atoms in total. The van der Waals surface area contributed by atoms with E-state index in [9.17, 15) is 14.4 Å². The van der Waals surface area contributed by atoms with Gasteiger partial charge < -0.3 is 10.1 Å². The molecule has 0 fully saturated rings. The molecule has 0 bridgehead atoms. The summed E-state index contributed by atoms with van der Waals surface area (Å²) in [5.74, 6) is -1.09. The predicted octanol–water partition coefficient (Wildman–Crippen LogP) is 4.59. The van der Waals surface area contributed by atoms with Crippen LogP contribution >= 0.6 is 0 Å². The fraction of sp³-hybridized carbons (Fsp3) is 0.192. The molecule has 0 spiro atoms. The number of ether oxygens (including phenoxy) is 1. The minimum Gasteiger partial charge on any atom is -0.457 e. The number of amides is 1. The van der Waals surface area contributed by atoms with Gasteiger partial charge in [0.15, 0.2) is 6.61 Å². The van der Waals surface area contributed by atoms with Gasteiger partial charge in [0.05, 0.1) is 12.5 Å². The summed E-state index contributed by atoms with van der Waals surface area (Å²) in [4.78, 5) is 37.6. The highest BCUT2D eigenvalue weighted by atomic mass is 16.5. The third-order valence-electron chi connectivity index (χ3n) is 4.97. The second-order valence-electron chi connectivity index (χ2n) is 7.41. The molecule has 3 aromatic rings. The van der Waals surface area contributed by atoms with E-state index in [0.29, 0.717) is 11.1 Å². The Hall–Kier alpha value is -3.73. The lowest BCUT2D eigenvalue weighted by molar-refractivity contribution is -0.143. The summed E-state index contributed by atoms with van der Waals surface area (Å²) >= 11 is 0. The second-order valence-corrected chi connectivity index (χ2v) is 7.41. The lowest BCUT2D eigenvalue weighted by atomic mass is 10.0. The Balaban J connectivity index is 1.66. The van der Waals surface area contributed by atoms with E-state index in [0.717, 1.165) is 16.7 Å². The highest BCUT2D eigenvalue weighted by Gasteiger charge is 2.21. The molecule has 5 heteroatoms. The Morgan fingerprint density at radius 2 is 1.52 bits per heavy atom. The van der Waals surface area contributed by atoms with Gasteiger partial charge in [-0.1, -0.05) is 66.2 Å². The highest BCUT2D eigenvalue weighted by Crippen LogP contribution is 2.19. The van der Waals surface area contributed by atoms with E-state index in [1.165, 1.54) is 0 Å². The third kappa shape index (κ3) is 6.12. The maximum absolute atomic E-state index is 12.6. The first-order valence-corrected chi connectivity index (χ1v) is 10.1. The molecule has 0 radical (unpaired) electrons. The molecule has 31 heavy (non-hydrogen) atoms. The minimum absolute atomic E-state index is 0.0807. The van der Waals surface area contributed by atoms with E-state index in [2.05, 4.69) is 5.32 Å². The number of esters is 1. The highest BCUT2D eigenvalue weighted by molar-refractivity contribution is 5.99. The Bertz CT molecular complexity index is 1060. The fourth-order valence-corrected chi connectivity index (χ4v) is 3.25. The first-order chi connectivity index (χ1) is 14.9. The standard InChI is InChI=1S/C26H25NO4/c1-18-13-14-19(2)22(15-18)24(28)17-31-25(29)16-23(20-9-5-3-6-10-20)27-26(30)21-11-7-4-8-12-21/h3-15,23H,16-17H2,1-2H3,(H,27,30). The first kappa shape index (κ1) is 22.0. The number of rotatable bonds is 8. The van der Waals surface area contributed by atoms with Gasteiger partial charge in [-0.2, -0.15) is 0 Å². The molecule has 0 aliphatic carbocycles. The number of hydrogen-bond donors (Lipinski definition) is 1. The van der Waals surface area contributed by atoms with Crippen molar-refractivity contribution in [2.45, 2.75) is 26.3 Å². The summed E-state index contributed by atoms with van der Waals surface area (Å²) in [5.41, 5.74) is 3.63. The zero-order chi connectivity index (χ0) is 22.2. The van der Waals surface area contributed by atoms with Crippen molar-refractivity contribution in [2.75, 3.05) is 6.61 Å². The van der Waals surface area contributed by atoms with E-state index in [4.69, 9.17) is 4.74 Å². The van der Waals surface area contributed by atoms with Crippen molar-refractivity contribution in [3.63, 3.8) is 0 Å². The molecule has 1 N–H and O–H groups in total. The van der Waals surface area contributed by atoms with Crippen molar-refractivity contribution in [3.8, 4) is 0 Å². The summed E-state index contributed by atoms with van der Waals surface area (Å²) in [6.07, 6.45) is -0.0807. The van der Waals surface area contributed by atoms with Crippen molar-refractivity contribution in [2.24, 2.45) is 0 Å². The van der Waals surface area contributed by atoms with Crippen LogP contribution in [0.5, 0.6) is 0 Å². The summed E-state index contributed by atoms with van der Waals surface area (Å²) in [7, 11) is 0. The molecule has 1 amide bonds. The molecular weight excluding hydrogens is 390 g/mol. The van der Waals surface area contributed by atoms with Gasteiger partial charge in [-0.3, -0.25) is 14.4 Å². The Morgan fingerprint density at radius 3 is 2.19 bits per heavy atom. The molecule has 0 saturated heterocycles. The summed E-state index contributed by atoms with van der Waals surface area (Å²) in [6.45, 7) is 3.42. The molecule has 0 saturated carbocycles. The summed E-state index contributed by atoms with van der Waals surface area (Å²) < 4.78 is 5.25. The lowest BCUT2D eigenvalue weighted by Crippen LogP contribution is -2.31. The fourth-order valence-electron chi connectivity index (χ4n) is 3.25. The number of hydrogen-bond acceptors (Lipinski definition) is 4. The van der Waals surface area contributed by atoms with E-state index in [-0.39, 0.29) is 24.7 Å². The maximum atomic E-state index is 12.6. The van der Waals surface area contributed by atoms with Gasteiger partial charge in [0, 0.05) is 11.1 Å². The summed E-state index contributed by atoms with van der Waals surface area (Å²) in [6, 6.07) is 23.0. The van der Waals surface area contributed by atoms with Gasteiger partial charge in [0.2, 0.25) is 5.78 Å². The molecule has 0 aliphatic heterocycles. The number of aryl methyl sites for hydroxylation is 2. The third-order valence-corrected chi connectivity index (χ3v) is 4.97. The van der Waals surface area contributed by atoms with Gasteiger partial charge in [-0.05, 0) is 43.2 Å². The van der Waals surface area contributed by atoms with E-state index in [1.54, 1.807) is 30.3 Å². The molecule has 0 aromatic heterocycles. The second kappa shape index (κ2) is 10.3. The Morgan fingerprint density at radius 1 is 0.871 bits per heavy atom. The molecule has 0 aliphatic rings.